The number of pyridine rings is 1. The third kappa shape index (κ3) is 4.76. The van der Waals surface area contributed by atoms with Crippen molar-refractivity contribution in [3.63, 3.8) is 0 Å². The van der Waals surface area contributed by atoms with E-state index in [4.69, 9.17) is 9.84 Å². The number of carboxylic acids is 1. The second kappa shape index (κ2) is 9.21. The van der Waals surface area contributed by atoms with Crippen molar-refractivity contribution in [1.29, 1.82) is 0 Å². The molecular formula is C22H16F4N4O3S. The number of fused-ring (bicyclic) bond motifs is 1. The van der Waals surface area contributed by atoms with E-state index in [2.05, 4.69) is 20.3 Å². The molecule has 34 heavy (non-hydrogen) atoms. The van der Waals surface area contributed by atoms with E-state index >= 15 is 0 Å². The molecule has 0 amide bonds. The van der Waals surface area contributed by atoms with Crippen LogP contribution in [0.15, 0.2) is 42.7 Å². The van der Waals surface area contributed by atoms with E-state index in [-0.39, 0.29) is 29.4 Å². The van der Waals surface area contributed by atoms with Crippen molar-refractivity contribution in [3.8, 4) is 16.5 Å². The minimum atomic E-state index is -4.81. The Hall–Kier alpha value is -3.80. The molecule has 0 fully saturated rings. The number of nitrogens with one attached hydrogen (secondary N) is 1. The lowest BCUT2D eigenvalue weighted by atomic mass is 10.1. The van der Waals surface area contributed by atoms with Crippen LogP contribution in [0.5, 0.6) is 5.88 Å². The first kappa shape index (κ1) is 23.4. The Balaban J connectivity index is 1.55. The zero-order chi connectivity index (χ0) is 24.5. The summed E-state index contributed by atoms with van der Waals surface area (Å²) in [5, 5.41) is 12.9. The van der Waals surface area contributed by atoms with Crippen LogP contribution >= 0.6 is 11.3 Å². The number of anilines is 1. The monoisotopic (exact) mass is 492 g/mol. The van der Waals surface area contributed by atoms with Gasteiger partial charge in [-0.3, -0.25) is 0 Å². The van der Waals surface area contributed by atoms with Crippen LogP contribution in [-0.2, 0) is 12.6 Å². The fourth-order valence-corrected chi connectivity index (χ4v) is 4.33. The molecule has 12 heteroatoms. The SMILES string of the molecule is COc1ccc2ccc(F)c(CCNc3cc(-c4cc(C(F)(F)F)c(C(=O)O)s4)ncn3)c2n1. The molecule has 2 N–H and O–H groups in total. The van der Waals surface area contributed by atoms with Gasteiger partial charge in [-0.15, -0.1) is 11.3 Å². The topological polar surface area (TPSA) is 97.2 Å². The van der Waals surface area contributed by atoms with Gasteiger partial charge in [-0.25, -0.2) is 24.1 Å². The van der Waals surface area contributed by atoms with Gasteiger partial charge in [-0.05, 0) is 30.7 Å². The maximum atomic E-state index is 14.5. The Morgan fingerprint density at radius 2 is 1.94 bits per heavy atom. The zero-order valence-electron chi connectivity index (χ0n) is 17.5. The molecule has 176 valence electrons. The normalized spacial score (nSPS) is 11.6. The van der Waals surface area contributed by atoms with Crippen LogP contribution in [0.1, 0.15) is 20.8 Å². The van der Waals surface area contributed by atoms with Crippen molar-refractivity contribution < 1.29 is 32.2 Å². The van der Waals surface area contributed by atoms with E-state index in [0.29, 0.717) is 28.3 Å². The Morgan fingerprint density at radius 3 is 2.62 bits per heavy atom. The van der Waals surface area contributed by atoms with Crippen LogP contribution in [0.3, 0.4) is 0 Å². The minimum Gasteiger partial charge on any atom is -0.481 e. The summed E-state index contributed by atoms with van der Waals surface area (Å²) in [6.07, 6.45) is -3.42. The van der Waals surface area contributed by atoms with Crippen molar-refractivity contribution in [3.05, 3.63) is 64.5 Å². The Kier molecular flexibility index (Phi) is 6.33. The van der Waals surface area contributed by atoms with Crippen molar-refractivity contribution in [2.75, 3.05) is 19.0 Å². The number of nitrogens with zero attached hydrogens (tertiary/aromatic N) is 3. The van der Waals surface area contributed by atoms with Crippen LogP contribution in [0.4, 0.5) is 23.4 Å². The molecule has 0 radical (unpaired) electrons. The number of carboxylic acid groups (broad SMARTS) is 1. The summed E-state index contributed by atoms with van der Waals surface area (Å²) in [6.45, 7) is 0.240. The van der Waals surface area contributed by atoms with Crippen LogP contribution in [0.2, 0.25) is 0 Å². The van der Waals surface area contributed by atoms with Gasteiger partial charge in [-0.2, -0.15) is 13.2 Å². The number of carbonyl (C=O) groups is 1. The predicted molar refractivity (Wildman–Crippen MR) is 118 cm³/mol. The van der Waals surface area contributed by atoms with Crippen LogP contribution in [0, 0.1) is 5.82 Å². The van der Waals surface area contributed by atoms with E-state index in [0.717, 1.165) is 17.8 Å². The molecule has 0 saturated heterocycles. The first-order valence-electron chi connectivity index (χ1n) is 9.80. The van der Waals surface area contributed by atoms with Crippen LogP contribution < -0.4 is 10.1 Å². The Morgan fingerprint density at radius 1 is 1.18 bits per heavy atom. The quantitative estimate of drug-likeness (QED) is 0.339. The van der Waals surface area contributed by atoms with E-state index in [9.17, 15) is 22.4 Å². The average molecular weight is 492 g/mol. The summed E-state index contributed by atoms with van der Waals surface area (Å²) in [5.41, 5.74) is -0.271. The number of methoxy groups -OCH3 is 1. The lowest BCUT2D eigenvalue weighted by Gasteiger charge is -2.10. The highest BCUT2D eigenvalue weighted by atomic mass is 32.1. The maximum absolute atomic E-state index is 14.5. The molecule has 0 atom stereocenters. The number of hydrogen-bond acceptors (Lipinski definition) is 7. The molecule has 0 saturated carbocycles. The third-order valence-electron chi connectivity index (χ3n) is 4.93. The molecule has 3 heterocycles. The van der Waals surface area contributed by atoms with Gasteiger partial charge >= 0.3 is 12.1 Å². The summed E-state index contributed by atoms with van der Waals surface area (Å²) < 4.78 is 59.2. The molecule has 4 rings (SSSR count). The first-order chi connectivity index (χ1) is 16.2. The lowest BCUT2D eigenvalue weighted by Crippen LogP contribution is -2.09. The number of hydrogen-bond donors (Lipinski definition) is 2. The second-order valence-corrected chi connectivity index (χ2v) is 8.13. The summed E-state index contributed by atoms with van der Waals surface area (Å²) in [7, 11) is 1.46. The minimum absolute atomic E-state index is 0.0339. The number of ether oxygens (including phenoxy) is 1. The molecule has 0 aliphatic heterocycles. The van der Waals surface area contributed by atoms with Gasteiger partial charge in [0.15, 0.2) is 0 Å². The third-order valence-corrected chi connectivity index (χ3v) is 6.07. The fraction of sp³-hybridized carbons (Fsp3) is 0.182. The van der Waals surface area contributed by atoms with E-state index in [1.807, 2.05) is 0 Å². The average Bonchev–Trinajstić information content (AvgIpc) is 3.27. The molecule has 0 bridgehead atoms. The first-order valence-corrected chi connectivity index (χ1v) is 10.6. The van der Waals surface area contributed by atoms with Crippen molar-refractivity contribution in [2.45, 2.75) is 12.6 Å². The number of aromatic nitrogens is 3. The second-order valence-electron chi connectivity index (χ2n) is 7.07. The zero-order valence-corrected chi connectivity index (χ0v) is 18.3. The number of benzene rings is 1. The molecule has 1 aromatic carbocycles. The van der Waals surface area contributed by atoms with E-state index < -0.39 is 28.4 Å². The molecule has 0 unspecified atom stereocenters. The molecule has 0 aliphatic rings. The predicted octanol–water partition coefficient (Wildman–Crippen LogP) is 5.27. The van der Waals surface area contributed by atoms with E-state index in [1.54, 1.807) is 18.2 Å². The molecular weight excluding hydrogens is 476 g/mol. The van der Waals surface area contributed by atoms with Crippen molar-refractivity contribution >= 4 is 34.0 Å². The maximum Gasteiger partial charge on any atom is 0.418 e. The van der Waals surface area contributed by atoms with E-state index in [1.165, 1.54) is 19.2 Å². The highest BCUT2D eigenvalue weighted by Gasteiger charge is 2.37. The number of thiophene rings is 1. The fourth-order valence-electron chi connectivity index (χ4n) is 3.35. The Labute approximate surface area is 194 Å². The van der Waals surface area contributed by atoms with Gasteiger partial charge in [0.1, 0.15) is 22.8 Å². The summed E-state index contributed by atoms with van der Waals surface area (Å²) >= 11 is 0.477. The number of alkyl halides is 3. The molecule has 3 aromatic heterocycles. The van der Waals surface area contributed by atoms with Gasteiger partial charge in [0.25, 0.3) is 0 Å². The highest BCUT2D eigenvalue weighted by molar-refractivity contribution is 7.17. The van der Waals surface area contributed by atoms with Gasteiger partial charge in [-0.1, -0.05) is 0 Å². The van der Waals surface area contributed by atoms with Crippen LogP contribution in [0.25, 0.3) is 21.5 Å². The lowest BCUT2D eigenvalue weighted by molar-refractivity contribution is -0.137. The summed E-state index contributed by atoms with van der Waals surface area (Å²) in [4.78, 5) is 22.8. The van der Waals surface area contributed by atoms with Gasteiger partial charge in [0.05, 0.1) is 28.8 Å². The number of aromatic carboxylic acids is 1. The molecule has 4 aromatic rings. The van der Waals surface area contributed by atoms with Gasteiger partial charge in [0, 0.05) is 29.6 Å². The number of rotatable bonds is 7. The summed E-state index contributed by atoms with van der Waals surface area (Å²) in [5.74, 6) is -1.46. The highest BCUT2D eigenvalue weighted by Crippen LogP contribution is 2.40. The Bertz CT molecular complexity index is 1370. The van der Waals surface area contributed by atoms with Gasteiger partial charge < -0.3 is 15.2 Å². The molecule has 7 nitrogen and oxygen atoms in total. The molecule has 0 spiro atoms. The standard InChI is InChI=1S/C22H16F4N4O3S/c1-33-18-5-3-11-2-4-14(23)12(19(11)30-18)6-7-27-17-9-15(28-10-29-17)16-8-13(22(24,25)26)20(34-16)21(31)32/h2-5,8-10H,6-7H2,1H3,(H,31,32)(H,27,28,29). The largest absolute Gasteiger partial charge is 0.481 e. The van der Waals surface area contributed by atoms with Crippen molar-refractivity contribution in [1.82, 2.24) is 15.0 Å². The van der Waals surface area contributed by atoms with Crippen LogP contribution in [-0.4, -0.2) is 39.7 Å². The molecule has 0 aliphatic carbocycles. The van der Waals surface area contributed by atoms with Crippen molar-refractivity contribution in [2.24, 2.45) is 0 Å². The smallest absolute Gasteiger partial charge is 0.418 e. The summed E-state index contributed by atoms with van der Waals surface area (Å²) in [6, 6.07) is 8.57. The number of halogens is 4. The van der Waals surface area contributed by atoms with Gasteiger partial charge in [0.2, 0.25) is 5.88 Å².